The van der Waals surface area contributed by atoms with E-state index in [1.165, 1.54) is 12.1 Å². The third kappa shape index (κ3) is 5.84. The summed E-state index contributed by atoms with van der Waals surface area (Å²) in [6.07, 6.45) is 5.30. The Labute approximate surface area is 130 Å². The number of carbonyl (C=O) groups is 3. The zero-order valence-electron chi connectivity index (χ0n) is 11.6. The first kappa shape index (κ1) is 17.6. The van der Waals surface area contributed by atoms with Crippen molar-refractivity contribution in [3.8, 4) is 29.6 Å². The fourth-order valence-corrected chi connectivity index (χ4v) is 1.44. The molecule has 0 radical (unpaired) electrons. The average Bonchev–Trinajstić information content (AvgIpc) is 2.48. The van der Waals surface area contributed by atoms with Crippen LogP contribution in [0.25, 0.3) is 0 Å². The number of hydrogen-bond acceptors (Lipinski definition) is 6. The number of rotatable bonds is 9. The predicted molar refractivity (Wildman–Crippen MR) is 73.8 cm³/mol. The van der Waals surface area contributed by atoms with Crippen molar-refractivity contribution in [3.05, 3.63) is 17.7 Å². The third-order valence-electron chi connectivity index (χ3n) is 2.25. The van der Waals surface area contributed by atoms with E-state index in [0.717, 1.165) is 0 Å². The van der Waals surface area contributed by atoms with Gasteiger partial charge in [0.05, 0.1) is 0 Å². The van der Waals surface area contributed by atoms with Crippen LogP contribution in [0, 0.1) is 12.3 Å². The first-order chi connectivity index (χ1) is 10.8. The van der Waals surface area contributed by atoms with Crippen LogP contribution in [-0.2, 0) is 14.4 Å². The lowest BCUT2D eigenvalue weighted by molar-refractivity contribution is -0.140. The molecule has 0 fully saturated rings. The van der Waals surface area contributed by atoms with E-state index in [1.807, 2.05) is 0 Å². The van der Waals surface area contributed by atoms with Gasteiger partial charge in [-0.25, -0.2) is 14.4 Å². The Balaban J connectivity index is 3.16. The van der Waals surface area contributed by atoms with Crippen LogP contribution in [0.15, 0.2) is 12.1 Å². The van der Waals surface area contributed by atoms with E-state index in [4.69, 9.17) is 36.0 Å². The van der Waals surface area contributed by atoms with Crippen molar-refractivity contribution in [2.45, 2.75) is 0 Å². The Morgan fingerprint density at radius 3 is 1.61 bits per heavy atom. The average molecular weight is 324 g/mol. The summed E-state index contributed by atoms with van der Waals surface area (Å²) in [6, 6.07) is 2.38. The van der Waals surface area contributed by atoms with Crippen LogP contribution >= 0.6 is 0 Å². The standard InChI is InChI=1S/C14H12O9/c1-2-9-10(22-6-13(17)18)3-8(21-5-12(15)16)4-11(9)23-7-14(19)20/h1,3-4H,5-7H2,(H,15,16)(H,17,18)(H,19,20). The van der Waals surface area contributed by atoms with Gasteiger partial charge in [0.25, 0.3) is 0 Å². The maximum absolute atomic E-state index is 10.6. The fourth-order valence-electron chi connectivity index (χ4n) is 1.44. The number of benzene rings is 1. The van der Waals surface area contributed by atoms with Gasteiger partial charge in [0.15, 0.2) is 19.8 Å². The molecule has 0 aromatic heterocycles. The minimum atomic E-state index is -1.27. The highest BCUT2D eigenvalue weighted by Crippen LogP contribution is 2.33. The van der Waals surface area contributed by atoms with Crippen LogP contribution in [-0.4, -0.2) is 53.0 Å². The number of carboxylic acid groups (broad SMARTS) is 3. The number of carboxylic acids is 3. The second kappa shape index (κ2) is 8.14. The normalized spacial score (nSPS) is 9.52. The van der Waals surface area contributed by atoms with Crippen molar-refractivity contribution in [1.29, 1.82) is 0 Å². The van der Waals surface area contributed by atoms with Crippen LogP contribution in [0.4, 0.5) is 0 Å². The van der Waals surface area contributed by atoms with Gasteiger partial charge in [-0.1, -0.05) is 5.92 Å². The lowest BCUT2D eigenvalue weighted by Crippen LogP contribution is -2.14. The van der Waals surface area contributed by atoms with Gasteiger partial charge < -0.3 is 29.5 Å². The molecule has 9 nitrogen and oxygen atoms in total. The van der Waals surface area contributed by atoms with Crippen molar-refractivity contribution in [2.24, 2.45) is 0 Å². The molecule has 1 aromatic carbocycles. The van der Waals surface area contributed by atoms with Crippen molar-refractivity contribution in [1.82, 2.24) is 0 Å². The van der Waals surface area contributed by atoms with Crippen molar-refractivity contribution >= 4 is 17.9 Å². The van der Waals surface area contributed by atoms with Gasteiger partial charge in [-0.05, 0) is 0 Å². The molecule has 1 aromatic rings. The molecule has 0 saturated carbocycles. The van der Waals surface area contributed by atoms with E-state index in [0.29, 0.717) is 0 Å². The zero-order chi connectivity index (χ0) is 17.4. The van der Waals surface area contributed by atoms with Crippen LogP contribution in [0.1, 0.15) is 5.56 Å². The predicted octanol–water partition coefficient (Wildman–Crippen LogP) is 0.0581. The lowest BCUT2D eigenvalue weighted by Gasteiger charge is -2.14. The SMILES string of the molecule is C#Cc1c(OCC(=O)O)cc(OCC(=O)O)cc1OCC(=O)O. The summed E-state index contributed by atoms with van der Waals surface area (Å²) >= 11 is 0. The van der Waals surface area contributed by atoms with Gasteiger partial charge in [0.1, 0.15) is 22.8 Å². The molecule has 3 N–H and O–H groups in total. The van der Waals surface area contributed by atoms with Gasteiger partial charge in [-0.15, -0.1) is 6.42 Å². The molecule has 23 heavy (non-hydrogen) atoms. The molecule has 1 rings (SSSR count). The molecule has 0 amide bonds. The fraction of sp³-hybridized carbons (Fsp3) is 0.214. The van der Waals surface area contributed by atoms with E-state index in [2.05, 4.69) is 5.92 Å². The highest BCUT2D eigenvalue weighted by atomic mass is 16.5. The van der Waals surface area contributed by atoms with Gasteiger partial charge in [-0.3, -0.25) is 0 Å². The van der Waals surface area contributed by atoms with E-state index >= 15 is 0 Å². The molecule has 0 heterocycles. The number of aliphatic carboxylic acids is 3. The van der Waals surface area contributed by atoms with Crippen molar-refractivity contribution in [3.63, 3.8) is 0 Å². The second-order valence-electron chi connectivity index (χ2n) is 3.99. The first-order valence-corrected chi connectivity index (χ1v) is 6.02. The molecule has 9 heteroatoms. The maximum Gasteiger partial charge on any atom is 0.341 e. The second-order valence-corrected chi connectivity index (χ2v) is 3.99. The van der Waals surface area contributed by atoms with Gasteiger partial charge in [0.2, 0.25) is 0 Å². The maximum atomic E-state index is 10.6. The van der Waals surface area contributed by atoms with Crippen molar-refractivity contribution in [2.75, 3.05) is 19.8 Å². The van der Waals surface area contributed by atoms with Crippen molar-refractivity contribution < 1.29 is 43.9 Å². The minimum Gasteiger partial charge on any atom is -0.482 e. The molecule has 122 valence electrons. The van der Waals surface area contributed by atoms with Gasteiger partial charge >= 0.3 is 17.9 Å². The summed E-state index contributed by atoms with van der Waals surface area (Å²) < 4.78 is 14.9. The summed E-state index contributed by atoms with van der Waals surface area (Å²) in [5.74, 6) is -1.84. The summed E-state index contributed by atoms with van der Waals surface area (Å²) in [5, 5.41) is 25.9. The van der Waals surface area contributed by atoms with Gasteiger partial charge in [0, 0.05) is 12.1 Å². The molecular weight excluding hydrogens is 312 g/mol. The van der Waals surface area contributed by atoms with E-state index in [-0.39, 0.29) is 22.8 Å². The number of ether oxygens (including phenoxy) is 3. The molecule has 0 saturated heterocycles. The Bertz CT molecular complexity index is 618. The summed E-state index contributed by atoms with van der Waals surface area (Å²) in [7, 11) is 0. The molecule has 0 aliphatic carbocycles. The third-order valence-corrected chi connectivity index (χ3v) is 2.25. The topological polar surface area (TPSA) is 140 Å². The summed E-state index contributed by atoms with van der Waals surface area (Å²) in [4.78, 5) is 31.7. The highest BCUT2D eigenvalue weighted by Gasteiger charge is 2.15. The van der Waals surface area contributed by atoms with Gasteiger partial charge in [-0.2, -0.15) is 0 Å². The number of terminal acetylenes is 1. The van der Waals surface area contributed by atoms with Crippen LogP contribution in [0.5, 0.6) is 17.2 Å². The molecule has 0 aliphatic heterocycles. The molecule has 0 atom stereocenters. The lowest BCUT2D eigenvalue weighted by atomic mass is 10.1. The number of hydrogen-bond donors (Lipinski definition) is 3. The summed E-state index contributed by atoms with van der Waals surface area (Å²) in [5.41, 5.74) is -0.0184. The Morgan fingerprint density at radius 2 is 1.26 bits per heavy atom. The van der Waals surface area contributed by atoms with E-state index < -0.39 is 37.7 Å². The zero-order valence-corrected chi connectivity index (χ0v) is 11.6. The molecule has 0 unspecified atom stereocenters. The monoisotopic (exact) mass is 324 g/mol. The highest BCUT2D eigenvalue weighted by molar-refractivity contribution is 5.71. The largest absolute Gasteiger partial charge is 0.482 e. The molecule has 0 bridgehead atoms. The van der Waals surface area contributed by atoms with Crippen LogP contribution < -0.4 is 14.2 Å². The quantitative estimate of drug-likeness (QED) is 0.538. The molecule has 0 spiro atoms. The smallest absolute Gasteiger partial charge is 0.341 e. The van der Waals surface area contributed by atoms with E-state index in [1.54, 1.807) is 0 Å². The summed E-state index contributed by atoms with van der Waals surface area (Å²) in [6.45, 7) is -2.10. The van der Waals surface area contributed by atoms with Crippen LogP contribution in [0.3, 0.4) is 0 Å². The first-order valence-electron chi connectivity index (χ1n) is 6.02. The molecular formula is C14H12O9. The molecule has 0 aliphatic rings. The minimum absolute atomic E-state index is 0.0184. The Morgan fingerprint density at radius 1 is 0.870 bits per heavy atom. The Hall–Kier alpha value is -3.41. The Kier molecular flexibility index (Phi) is 6.24. The van der Waals surface area contributed by atoms with Crippen LogP contribution in [0.2, 0.25) is 0 Å². The van der Waals surface area contributed by atoms with E-state index in [9.17, 15) is 14.4 Å².